The van der Waals surface area contributed by atoms with Crippen molar-refractivity contribution in [2.24, 2.45) is 7.05 Å². The van der Waals surface area contributed by atoms with Gasteiger partial charge in [-0.05, 0) is 38.1 Å². The van der Waals surface area contributed by atoms with E-state index in [9.17, 15) is 4.79 Å². The molecule has 0 amide bonds. The molecule has 1 N–H and O–H groups in total. The van der Waals surface area contributed by atoms with Crippen LogP contribution in [0.25, 0.3) is 0 Å². The van der Waals surface area contributed by atoms with E-state index in [2.05, 4.69) is 33.4 Å². The van der Waals surface area contributed by atoms with Gasteiger partial charge in [-0.1, -0.05) is 6.07 Å². The van der Waals surface area contributed by atoms with Gasteiger partial charge in [0, 0.05) is 25.8 Å². The van der Waals surface area contributed by atoms with Crippen LogP contribution in [0.5, 0.6) is 0 Å². The number of rotatable bonds is 3. The second-order valence-corrected chi connectivity index (χ2v) is 5.52. The van der Waals surface area contributed by atoms with E-state index in [0.29, 0.717) is 17.5 Å². The van der Waals surface area contributed by atoms with Gasteiger partial charge in [-0.2, -0.15) is 5.10 Å². The number of nitrogens with zero attached hydrogens (tertiary/aromatic N) is 4. The first-order valence-corrected chi connectivity index (χ1v) is 7.03. The van der Waals surface area contributed by atoms with Gasteiger partial charge in [-0.25, -0.2) is 9.67 Å². The average Bonchev–Trinajstić information content (AvgIpc) is 2.44. The molecule has 6 nitrogen and oxygen atoms in total. The Bertz CT molecular complexity index is 707. The van der Waals surface area contributed by atoms with Gasteiger partial charge in [0.05, 0.1) is 5.69 Å². The van der Waals surface area contributed by atoms with E-state index in [0.717, 1.165) is 12.2 Å². The van der Waals surface area contributed by atoms with Crippen molar-refractivity contribution in [1.29, 1.82) is 0 Å². The molecule has 0 aliphatic carbocycles. The molecular weight excluding hydrogens is 266 g/mol. The van der Waals surface area contributed by atoms with Gasteiger partial charge in [0.1, 0.15) is 11.5 Å². The lowest BCUT2D eigenvalue weighted by Crippen LogP contribution is -2.37. The Hall–Kier alpha value is -2.21. The highest BCUT2D eigenvalue weighted by Crippen LogP contribution is 2.31. The number of aryl methyl sites for hydroxylation is 2. The summed E-state index contributed by atoms with van der Waals surface area (Å²) in [6.07, 6.45) is 3.05. The molecule has 2 aromatic rings. The minimum absolute atomic E-state index is 0.162. The Labute approximate surface area is 123 Å². The summed E-state index contributed by atoms with van der Waals surface area (Å²) in [5, 5.41) is 7.15. The summed E-state index contributed by atoms with van der Waals surface area (Å²) in [6, 6.07) is 6.19. The molecular formula is C15H19N5O. The van der Waals surface area contributed by atoms with Crippen molar-refractivity contribution in [3.05, 3.63) is 46.0 Å². The number of nitrogens with one attached hydrogen (secondary N) is 1. The van der Waals surface area contributed by atoms with Gasteiger partial charge in [-0.15, -0.1) is 0 Å². The molecule has 110 valence electrons. The van der Waals surface area contributed by atoms with Crippen LogP contribution < -0.4 is 10.9 Å². The Morgan fingerprint density at radius 2 is 2.14 bits per heavy atom. The van der Waals surface area contributed by atoms with Crippen LogP contribution in [0.3, 0.4) is 0 Å². The van der Waals surface area contributed by atoms with E-state index in [1.54, 1.807) is 13.1 Å². The lowest BCUT2D eigenvalue weighted by molar-refractivity contribution is 0.127. The highest BCUT2D eigenvalue weighted by molar-refractivity contribution is 5.55. The third-order valence-corrected chi connectivity index (χ3v) is 3.91. The Morgan fingerprint density at radius 1 is 1.33 bits per heavy atom. The zero-order chi connectivity index (χ0) is 15.0. The first kappa shape index (κ1) is 13.8. The molecule has 3 rings (SSSR count). The van der Waals surface area contributed by atoms with Crippen LogP contribution in [0.15, 0.2) is 29.2 Å². The third kappa shape index (κ3) is 2.67. The topological polar surface area (TPSA) is 63.1 Å². The average molecular weight is 285 g/mol. The monoisotopic (exact) mass is 285 g/mol. The number of hydrogen-bond acceptors (Lipinski definition) is 5. The zero-order valence-corrected chi connectivity index (χ0v) is 12.5. The minimum Gasteiger partial charge on any atom is -0.336 e. The van der Waals surface area contributed by atoms with E-state index in [4.69, 9.17) is 0 Å². The molecule has 1 aliphatic heterocycles. The van der Waals surface area contributed by atoms with Gasteiger partial charge in [0.15, 0.2) is 0 Å². The van der Waals surface area contributed by atoms with Crippen LogP contribution in [-0.4, -0.2) is 33.3 Å². The first-order valence-electron chi connectivity index (χ1n) is 7.03. The van der Waals surface area contributed by atoms with Gasteiger partial charge in [0.25, 0.3) is 5.56 Å². The van der Waals surface area contributed by atoms with Gasteiger partial charge in [0.2, 0.25) is 0 Å². The number of anilines is 2. The number of aromatic nitrogens is 3. The summed E-state index contributed by atoms with van der Waals surface area (Å²) in [5.74, 6) is 0.670. The molecule has 6 heteroatoms. The molecule has 2 aromatic heterocycles. The van der Waals surface area contributed by atoms with Crippen LogP contribution in [0.4, 0.5) is 11.5 Å². The zero-order valence-electron chi connectivity index (χ0n) is 12.5. The van der Waals surface area contributed by atoms with E-state index in [1.807, 2.05) is 19.2 Å². The maximum atomic E-state index is 12.0. The smallest absolute Gasteiger partial charge is 0.290 e. The maximum absolute atomic E-state index is 12.0. The van der Waals surface area contributed by atoms with E-state index < -0.39 is 0 Å². The molecule has 1 unspecified atom stereocenters. The van der Waals surface area contributed by atoms with Crippen LogP contribution in [0.2, 0.25) is 0 Å². The van der Waals surface area contributed by atoms with Crippen molar-refractivity contribution < 1.29 is 0 Å². The Balaban J connectivity index is 1.81. The molecule has 1 fully saturated rings. The highest BCUT2D eigenvalue weighted by Gasteiger charge is 2.25. The van der Waals surface area contributed by atoms with Gasteiger partial charge in [-0.3, -0.25) is 9.69 Å². The highest BCUT2D eigenvalue weighted by atomic mass is 16.1. The summed E-state index contributed by atoms with van der Waals surface area (Å²) in [6.45, 7) is 2.99. The van der Waals surface area contributed by atoms with E-state index in [1.165, 1.54) is 16.7 Å². The molecule has 0 radical (unpaired) electrons. The summed E-state index contributed by atoms with van der Waals surface area (Å²) in [4.78, 5) is 18.7. The van der Waals surface area contributed by atoms with E-state index >= 15 is 0 Å². The SMILES string of the molecule is Cc1cc(Nc2ccc(C3CCN3C)cn2)c(=O)n(C)n1. The minimum atomic E-state index is -0.162. The molecule has 1 aliphatic rings. The third-order valence-electron chi connectivity index (χ3n) is 3.91. The quantitative estimate of drug-likeness (QED) is 0.928. The first-order chi connectivity index (χ1) is 10.0. The van der Waals surface area contributed by atoms with Crippen molar-refractivity contribution in [3.63, 3.8) is 0 Å². The fourth-order valence-electron chi connectivity index (χ4n) is 2.60. The fourth-order valence-corrected chi connectivity index (χ4v) is 2.60. The van der Waals surface area contributed by atoms with Crippen LogP contribution in [-0.2, 0) is 7.05 Å². The molecule has 21 heavy (non-hydrogen) atoms. The van der Waals surface area contributed by atoms with Crippen LogP contribution in [0.1, 0.15) is 23.7 Å². The van der Waals surface area contributed by atoms with Crippen molar-refractivity contribution in [2.75, 3.05) is 18.9 Å². The van der Waals surface area contributed by atoms with Crippen LogP contribution in [0, 0.1) is 6.92 Å². The fraction of sp³-hybridized carbons (Fsp3) is 0.400. The lowest BCUT2D eigenvalue weighted by Gasteiger charge is -2.37. The van der Waals surface area contributed by atoms with Crippen molar-refractivity contribution in [3.8, 4) is 0 Å². The summed E-state index contributed by atoms with van der Waals surface area (Å²) < 4.78 is 1.33. The molecule has 0 saturated carbocycles. The molecule has 0 aromatic carbocycles. The lowest BCUT2D eigenvalue weighted by atomic mass is 9.97. The van der Waals surface area contributed by atoms with Crippen molar-refractivity contribution in [1.82, 2.24) is 19.7 Å². The van der Waals surface area contributed by atoms with Crippen molar-refractivity contribution >= 4 is 11.5 Å². The molecule has 3 heterocycles. The predicted molar refractivity (Wildman–Crippen MR) is 81.7 cm³/mol. The van der Waals surface area contributed by atoms with Crippen LogP contribution >= 0.6 is 0 Å². The number of likely N-dealkylation sites (tertiary alicyclic amines) is 1. The normalized spacial score (nSPS) is 18.3. The number of hydrogen-bond donors (Lipinski definition) is 1. The summed E-state index contributed by atoms with van der Waals surface area (Å²) >= 11 is 0. The molecule has 1 saturated heterocycles. The van der Waals surface area contributed by atoms with Gasteiger partial charge < -0.3 is 5.32 Å². The second-order valence-electron chi connectivity index (χ2n) is 5.52. The molecule has 1 atom stereocenters. The largest absolute Gasteiger partial charge is 0.336 e. The molecule has 0 bridgehead atoms. The van der Waals surface area contributed by atoms with Gasteiger partial charge >= 0.3 is 0 Å². The Kier molecular flexibility index (Phi) is 3.47. The van der Waals surface area contributed by atoms with Crippen molar-refractivity contribution in [2.45, 2.75) is 19.4 Å². The summed E-state index contributed by atoms with van der Waals surface area (Å²) in [5.41, 5.74) is 2.33. The van der Waals surface area contributed by atoms with E-state index in [-0.39, 0.29) is 5.56 Å². The maximum Gasteiger partial charge on any atom is 0.290 e. The summed E-state index contributed by atoms with van der Waals surface area (Å²) in [7, 11) is 3.76. The predicted octanol–water partition coefficient (Wildman–Crippen LogP) is 1.60. The Morgan fingerprint density at radius 3 is 2.71 bits per heavy atom. The molecule has 0 spiro atoms. The second kappa shape index (κ2) is 5.29. The number of pyridine rings is 1. The standard InChI is InChI=1S/C15H19N5O/c1-10-8-12(15(21)20(3)18-10)17-14-5-4-11(9-16-14)13-6-7-19(13)2/h4-5,8-9,13H,6-7H2,1-3H3,(H,16,17).